The van der Waals surface area contributed by atoms with Crippen LogP contribution >= 0.6 is 0 Å². The van der Waals surface area contributed by atoms with Crippen molar-refractivity contribution in [3.05, 3.63) is 35.9 Å². The molecule has 1 unspecified atom stereocenters. The van der Waals surface area contributed by atoms with Crippen molar-refractivity contribution in [1.29, 1.82) is 0 Å². The molecule has 4 N–H and O–H groups in total. The second-order valence-corrected chi connectivity index (χ2v) is 4.93. The van der Waals surface area contributed by atoms with Crippen LogP contribution in [-0.2, 0) is 6.54 Å². The minimum Gasteiger partial charge on any atom is -0.427 e. The standard InChI is InChI=1S/C12H19BN6O2/c14-11(5-1-2-6-13(20)21)12-16-17-18-19(12)9-10-4-3-7-15-8-10/h3-4,7-8,11,20-21H,1-2,5-6,9,14H2. The molecule has 0 fully saturated rings. The summed E-state index contributed by atoms with van der Waals surface area (Å²) < 4.78 is 1.67. The zero-order valence-corrected chi connectivity index (χ0v) is 11.7. The highest BCUT2D eigenvalue weighted by Gasteiger charge is 2.15. The molecule has 1 atom stereocenters. The lowest BCUT2D eigenvalue weighted by Gasteiger charge is -2.11. The van der Waals surface area contributed by atoms with E-state index in [4.69, 9.17) is 15.8 Å². The van der Waals surface area contributed by atoms with E-state index in [1.165, 1.54) is 0 Å². The summed E-state index contributed by atoms with van der Waals surface area (Å²) in [4.78, 5) is 4.06. The minimum absolute atomic E-state index is 0.271. The molecular formula is C12H19BN6O2. The third-order valence-electron chi connectivity index (χ3n) is 3.17. The van der Waals surface area contributed by atoms with Gasteiger partial charge in [0.2, 0.25) is 0 Å². The van der Waals surface area contributed by atoms with E-state index in [1.807, 2.05) is 12.1 Å². The molecule has 0 aliphatic carbocycles. The third kappa shape index (κ3) is 4.89. The molecule has 112 valence electrons. The molecule has 2 rings (SSSR count). The maximum absolute atomic E-state index is 8.79. The molecule has 0 spiro atoms. The summed E-state index contributed by atoms with van der Waals surface area (Å²) in [6.07, 6.45) is 6.02. The molecule has 0 radical (unpaired) electrons. The molecule has 0 aromatic carbocycles. The lowest BCUT2D eigenvalue weighted by Crippen LogP contribution is -2.18. The lowest BCUT2D eigenvalue weighted by atomic mass is 9.83. The van der Waals surface area contributed by atoms with Crippen LogP contribution in [0.4, 0.5) is 0 Å². The van der Waals surface area contributed by atoms with Gasteiger partial charge in [0, 0.05) is 12.4 Å². The topological polar surface area (TPSA) is 123 Å². The highest BCUT2D eigenvalue weighted by Crippen LogP contribution is 2.15. The Morgan fingerprint density at radius 1 is 1.33 bits per heavy atom. The Labute approximate surface area is 123 Å². The average molecular weight is 290 g/mol. The quantitative estimate of drug-likeness (QED) is 0.453. The number of hydrogen-bond acceptors (Lipinski definition) is 7. The van der Waals surface area contributed by atoms with Crippen molar-refractivity contribution in [2.24, 2.45) is 5.73 Å². The van der Waals surface area contributed by atoms with Gasteiger partial charge in [0.05, 0.1) is 12.6 Å². The van der Waals surface area contributed by atoms with Gasteiger partial charge >= 0.3 is 7.12 Å². The van der Waals surface area contributed by atoms with Gasteiger partial charge in [0.15, 0.2) is 5.82 Å². The first-order valence-corrected chi connectivity index (χ1v) is 6.93. The van der Waals surface area contributed by atoms with Crippen LogP contribution in [0.2, 0.25) is 6.32 Å². The van der Waals surface area contributed by atoms with E-state index in [2.05, 4.69) is 20.5 Å². The number of nitrogens with zero attached hydrogens (tertiary/aromatic N) is 5. The van der Waals surface area contributed by atoms with Crippen LogP contribution in [0, 0.1) is 0 Å². The summed E-state index contributed by atoms with van der Waals surface area (Å²) in [6.45, 7) is 0.527. The molecule has 21 heavy (non-hydrogen) atoms. The average Bonchev–Trinajstić information content (AvgIpc) is 2.92. The smallest absolute Gasteiger partial charge is 0.427 e. The molecular weight excluding hydrogens is 271 g/mol. The summed E-state index contributed by atoms with van der Waals surface area (Å²) in [7, 11) is -1.25. The predicted octanol–water partition coefficient (Wildman–Crippen LogP) is -0.241. The number of rotatable bonds is 8. The molecule has 0 amide bonds. The molecule has 0 bridgehead atoms. The van der Waals surface area contributed by atoms with Gasteiger partial charge in [-0.25, -0.2) is 4.68 Å². The zero-order chi connectivity index (χ0) is 15.1. The van der Waals surface area contributed by atoms with E-state index in [-0.39, 0.29) is 6.04 Å². The zero-order valence-electron chi connectivity index (χ0n) is 11.7. The van der Waals surface area contributed by atoms with Gasteiger partial charge in [-0.3, -0.25) is 4.98 Å². The van der Waals surface area contributed by atoms with Crippen LogP contribution < -0.4 is 5.73 Å². The van der Waals surface area contributed by atoms with Crippen molar-refractivity contribution >= 4 is 7.12 Å². The SMILES string of the molecule is NC(CCCCB(O)O)c1nnnn1Cc1cccnc1. The van der Waals surface area contributed by atoms with Gasteiger partial charge in [0.25, 0.3) is 0 Å². The lowest BCUT2D eigenvalue weighted by molar-refractivity contribution is 0.400. The van der Waals surface area contributed by atoms with E-state index in [0.29, 0.717) is 31.5 Å². The van der Waals surface area contributed by atoms with Crippen molar-refractivity contribution in [3.63, 3.8) is 0 Å². The Morgan fingerprint density at radius 2 is 2.19 bits per heavy atom. The Bertz CT molecular complexity index is 536. The molecule has 0 saturated carbocycles. The molecule has 0 aliphatic heterocycles. The highest BCUT2D eigenvalue weighted by atomic mass is 16.4. The van der Waals surface area contributed by atoms with Crippen LogP contribution in [-0.4, -0.2) is 42.4 Å². The molecule has 8 nitrogen and oxygen atoms in total. The Morgan fingerprint density at radius 3 is 2.90 bits per heavy atom. The minimum atomic E-state index is -1.25. The van der Waals surface area contributed by atoms with Crippen LogP contribution in [0.5, 0.6) is 0 Å². The Hall–Kier alpha value is -1.84. The van der Waals surface area contributed by atoms with Crippen molar-refractivity contribution in [2.75, 3.05) is 0 Å². The summed E-state index contributed by atoms with van der Waals surface area (Å²) in [5.41, 5.74) is 7.11. The van der Waals surface area contributed by atoms with Gasteiger partial charge < -0.3 is 15.8 Å². The maximum atomic E-state index is 8.79. The molecule has 2 heterocycles. The summed E-state index contributed by atoms with van der Waals surface area (Å²) in [5, 5.41) is 29.2. The Kier molecular flexibility index (Phi) is 5.79. The van der Waals surface area contributed by atoms with E-state index in [9.17, 15) is 0 Å². The van der Waals surface area contributed by atoms with Crippen LogP contribution in [0.15, 0.2) is 24.5 Å². The molecule has 9 heteroatoms. The fraction of sp³-hybridized carbons (Fsp3) is 0.500. The van der Waals surface area contributed by atoms with Gasteiger partial charge in [-0.1, -0.05) is 18.9 Å². The fourth-order valence-corrected chi connectivity index (χ4v) is 2.07. The first kappa shape index (κ1) is 15.6. The predicted molar refractivity (Wildman–Crippen MR) is 76.9 cm³/mol. The van der Waals surface area contributed by atoms with Crippen LogP contribution in [0.1, 0.15) is 36.7 Å². The highest BCUT2D eigenvalue weighted by molar-refractivity contribution is 6.40. The molecule has 2 aromatic heterocycles. The van der Waals surface area contributed by atoms with Gasteiger partial charge in [-0.15, -0.1) is 5.10 Å². The monoisotopic (exact) mass is 290 g/mol. The van der Waals surface area contributed by atoms with E-state index in [1.54, 1.807) is 17.1 Å². The van der Waals surface area contributed by atoms with Crippen molar-refractivity contribution in [1.82, 2.24) is 25.2 Å². The summed E-state index contributed by atoms with van der Waals surface area (Å²) in [5.74, 6) is 0.628. The second-order valence-electron chi connectivity index (χ2n) is 4.93. The maximum Gasteiger partial charge on any atom is 0.451 e. The largest absolute Gasteiger partial charge is 0.451 e. The summed E-state index contributed by atoms with van der Waals surface area (Å²) in [6, 6.07) is 3.54. The normalized spacial score (nSPS) is 12.3. The number of nitrogens with two attached hydrogens (primary N) is 1. The number of tetrazole rings is 1. The molecule has 0 saturated heterocycles. The fourth-order valence-electron chi connectivity index (χ4n) is 2.07. The molecule has 0 aliphatic rings. The van der Waals surface area contributed by atoms with Gasteiger partial charge in [0.1, 0.15) is 0 Å². The van der Waals surface area contributed by atoms with Gasteiger partial charge in [-0.2, -0.15) is 0 Å². The first-order valence-electron chi connectivity index (χ1n) is 6.93. The first-order chi connectivity index (χ1) is 10.2. The number of aromatic nitrogens is 5. The van der Waals surface area contributed by atoms with Crippen LogP contribution in [0.25, 0.3) is 0 Å². The number of pyridine rings is 1. The van der Waals surface area contributed by atoms with Crippen molar-refractivity contribution in [3.8, 4) is 0 Å². The Balaban J connectivity index is 1.90. The van der Waals surface area contributed by atoms with Crippen molar-refractivity contribution in [2.45, 2.75) is 38.2 Å². The van der Waals surface area contributed by atoms with Gasteiger partial charge in [-0.05, 0) is 34.8 Å². The second kappa shape index (κ2) is 7.82. The van der Waals surface area contributed by atoms with E-state index < -0.39 is 7.12 Å². The van der Waals surface area contributed by atoms with Crippen LogP contribution in [0.3, 0.4) is 0 Å². The van der Waals surface area contributed by atoms with E-state index >= 15 is 0 Å². The number of unbranched alkanes of at least 4 members (excludes halogenated alkanes) is 1. The van der Waals surface area contributed by atoms with E-state index in [0.717, 1.165) is 12.0 Å². The summed E-state index contributed by atoms with van der Waals surface area (Å²) >= 11 is 0. The third-order valence-corrected chi connectivity index (χ3v) is 3.17. The van der Waals surface area contributed by atoms with Crippen molar-refractivity contribution < 1.29 is 10.0 Å². The molecule has 2 aromatic rings. The number of hydrogen-bond donors (Lipinski definition) is 3.